The van der Waals surface area contributed by atoms with Crippen molar-refractivity contribution in [3.8, 4) is 5.75 Å². The molecule has 2 bridgehead atoms. The molecule has 2 unspecified atom stereocenters. The van der Waals surface area contributed by atoms with Crippen molar-refractivity contribution in [1.82, 2.24) is 4.90 Å². The number of esters is 2. The van der Waals surface area contributed by atoms with Crippen LogP contribution in [0.25, 0.3) is 0 Å². The minimum absolute atomic E-state index is 0.367. The molecule has 0 amide bonds. The number of carbonyl (C=O) groups excluding carboxylic acids is 2. The number of piperidine rings is 1. The zero-order chi connectivity index (χ0) is 18.5. The second kappa shape index (κ2) is 6.29. The van der Waals surface area contributed by atoms with Gasteiger partial charge in [-0.1, -0.05) is 23.2 Å². The fourth-order valence-corrected chi connectivity index (χ4v) is 4.89. The van der Waals surface area contributed by atoms with Crippen LogP contribution in [-0.4, -0.2) is 47.9 Å². The third-order valence-corrected chi connectivity index (χ3v) is 6.73. The third-order valence-electron chi connectivity index (χ3n) is 5.99. The van der Waals surface area contributed by atoms with Gasteiger partial charge in [0.2, 0.25) is 0 Å². The van der Waals surface area contributed by atoms with Gasteiger partial charge in [0.1, 0.15) is 11.3 Å². The van der Waals surface area contributed by atoms with Crippen LogP contribution in [0, 0.1) is 0 Å². The number of halogens is 2. The van der Waals surface area contributed by atoms with Crippen LogP contribution < -0.4 is 4.74 Å². The van der Waals surface area contributed by atoms with Crippen molar-refractivity contribution in [3.05, 3.63) is 28.2 Å². The smallest absolute Gasteiger partial charge is 0.420 e. The molecule has 3 aliphatic heterocycles. The summed E-state index contributed by atoms with van der Waals surface area (Å²) in [4.78, 5) is 25.7. The first-order valence-electron chi connectivity index (χ1n) is 8.64. The van der Waals surface area contributed by atoms with E-state index in [-0.39, 0.29) is 0 Å². The lowest BCUT2D eigenvalue weighted by molar-refractivity contribution is -0.252. The number of ether oxygens (including phenoxy) is 3. The van der Waals surface area contributed by atoms with Crippen LogP contribution in [0.5, 0.6) is 5.75 Å². The molecule has 1 aromatic carbocycles. The Morgan fingerprint density at radius 3 is 2.54 bits per heavy atom. The van der Waals surface area contributed by atoms with Crippen LogP contribution in [0.4, 0.5) is 0 Å². The van der Waals surface area contributed by atoms with Crippen molar-refractivity contribution in [2.75, 3.05) is 13.7 Å². The minimum atomic E-state index is -1.22. The molecule has 3 fully saturated rings. The maximum Gasteiger partial charge on any atom is 0.420 e. The van der Waals surface area contributed by atoms with Crippen molar-refractivity contribution in [3.63, 3.8) is 0 Å². The van der Waals surface area contributed by atoms with Crippen LogP contribution >= 0.6 is 23.2 Å². The van der Waals surface area contributed by atoms with E-state index in [1.165, 1.54) is 0 Å². The SMILES string of the molecule is CN1C2CCC3(OC(=O)C(=O)O3)C1(CCOc1ccc(Cl)c(Cl)c1)CC2. The number of likely N-dealkylation sites (N-methyl/N-ethyl adjacent to an activating group) is 1. The molecule has 0 saturated carbocycles. The second-order valence-corrected chi connectivity index (χ2v) is 7.89. The van der Waals surface area contributed by atoms with Gasteiger partial charge < -0.3 is 14.2 Å². The summed E-state index contributed by atoms with van der Waals surface area (Å²) >= 11 is 11.9. The van der Waals surface area contributed by atoms with Gasteiger partial charge in [-0.25, -0.2) is 9.59 Å². The number of carbonyl (C=O) groups is 2. The summed E-state index contributed by atoms with van der Waals surface area (Å²) in [6.45, 7) is 0.367. The quantitative estimate of drug-likeness (QED) is 0.572. The van der Waals surface area contributed by atoms with Gasteiger partial charge in [0.05, 0.1) is 16.7 Å². The van der Waals surface area contributed by atoms with Gasteiger partial charge in [-0.15, -0.1) is 0 Å². The number of nitrogens with zero attached hydrogens (tertiary/aromatic N) is 1. The Kier molecular flexibility index (Phi) is 4.33. The van der Waals surface area contributed by atoms with Gasteiger partial charge >= 0.3 is 11.9 Å². The summed E-state index contributed by atoms with van der Waals surface area (Å²) in [5.74, 6) is -2.43. The van der Waals surface area contributed by atoms with E-state index in [1.807, 2.05) is 7.05 Å². The summed E-state index contributed by atoms with van der Waals surface area (Å²) in [5.41, 5.74) is -0.575. The predicted molar refractivity (Wildman–Crippen MR) is 94.2 cm³/mol. The molecule has 0 aromatic heterocycles. The highest BCUT2D eigenvalue weighted by molar-refractivity contribution is 6.42. The van der Waals surface area contributed by atoms with Gasteiger partial charge in [0.25, 0.3) is 5.79 Å². The van der Waals surface area contributed by atoms with E-state index in [0.29, 0.717) is 41.3 Å². The molecule has 6 nitrogen and oxygen atoms in total. The Morgan fingerprint density at radius 1 is 1.15 bits per heavy atom. The fourth-order valence-electron chi connectivity index (χ4n) is 4.60. The van der Waals surface area contributed by atoms with Gasteiger partial charge in [-0.05, 0) is 38.4 Å². The van der Waals surface area contributed by atoms with Gasteiger partial charge in [-0.3, -0.25) is 4.90 Å². The summed E-state index contributed by atoms with van der Waals surface area (Å²) < 4.78 is 16.8. The van der Waals surface area contributed by atoms with E-state index in [9.17, 15) is 9.59 Å². The zero-order valence-corrected chi connectivity index (χ0v) is 15.8. The van der Waals surface area contributed by atoms with Crippen LogP contribution in [0.1, 0.15) is 32.1 Å². The average Bonchev–Trinajstić information content (AvgIpc) is 3.01. The summed E-state index contributed by atoms with van der Waals surface area (Å²) in [5, 5.41) is 0.889. The first-order valence-corrected chi connectivity index (χ1v) is 9.40. The van der Waals surface area contributed by atoms with Crippen LogP contribution in [0.2, 0.25) is 10.0 Å². The number of hydrogen-bond acceptors (Lipinski definition) is 6. The topological polar surface area (TPSA) is 65.1 Å². The first kappa shape index (κ1) is 17.9. The molecule has 2 atom stereocenters. The third kappa shape index (κ3) is 2.58. The number of fused-ring (bicyclic) bond motifs is 3. The lowest BCUT2D eigenvalue weighted by Gasteiger charge is -2.51. The molecule has 1 spiro atoms. The largest absolute Gasteiger partial charge is 0.493 e. The van der Waals surface area contributed by atoms with E-state index >= 15 is 0 Å². The summed E-state index contributed by atoms with van der Waals surface area (Å²) in [7, 11) is 2.00. The summed E-state index contributed by atoms with van der Waals surface area (Å²) in [6, 6.07) is 5.48. The Hall–Kier alpha value is -1.50. The molecule has 3 aliphatic rings. The Morgan fingerprint density at radius 2 is 1.85 bits per heavy atom. The normalized spacial score (nSPS) is 29.7. The van der Waals surface area contributed by atoms with E-state index in [1.54, 1.807) is 18.2 Å². The van der Waals surface area contributed by atoms with Crippen LogP contribution in [0.15, 0.2) is 18.2 Å². The molecule has 0 aliphatic carbocycles. The molecule has 0 radical (unpaired) electrons. The molecule has 4 rings (SSSR count). The Bertz CT molecular complexity index is 754. The molecule has 8 heteroatoms. The lowest BCUT2D eigenvalue weighted by atomic mass is 9.79. The fraction of sp³-hybridized carbons (Fsp3) is 0.556. The molecule has 26 heavy (non-hydrogen) atoms. The van der Waals surface area contributed by atoms with Gasteiger partial charge in [-0.2, -0.15) is 0 Å². The average molecular weight is 400 g/mol. The maximum atomic E-state index is 11.8. The van der Waals surface area contributed by atoms with Crippen molar-refractivity contribution in [1.29, 1.82) is 0 Å². The molecular weight excluding hydrogens is 381 g/mol. The zero-order valence-electron chi connectivity index (χ0n) is 14.3. The molecule has 140 valence electrons. The number of benzene rings is 1. The molecule has 0 N–H and O–H groups in total. The minimum Gasteiger partial charge on any atom is -0.493 e. The monoisotopic (exact) mass is 399 g/mol. The Balaban J connectivity index is 1.54. The number of hydrogen-bond donors (Lipinski definition) is 0. The highest BCUT2D eigenvalue weighted by Crippen LogP contribution is 2.54. The standard InChI is InChI=1S/C18H19Cl2NO5/c1-21-11-4-6-17(21,18(7-5-11)25-15(22)16(23)26-18)8-9-24-12-2-3-13(19)14(20)10-12/h2-3,10-11H,4-9H2,1H3. The second-order valence-electron chi connectivity index (χ2n) is 7.08. The van der Waals surface area contributed by atoms with Crippen molar-refractivity contribution >= 4 is 35.1 Å². The van der Waals surface area contributed by atoms with E-state index < -0.39 is 23.3 Å². The van der Waals surface area contributed by atoms with Gasteiger partial charge in [0.15, 0.2) is 0 Å². The molecular formula is C18H19Cl2NO5. The van der Waals surface area contributed by atoms with Crippen LogP contribution in [-0.2, 0) is 19.1 Å². The molecule has 1 aromatic rings. The molecule has 3 saturated heterocycles. The predicted octanol–water partition coefficient (Wildman–Crippen LogP) is 3.19. The van der Waals surface area contributed by atoms with Crippen molar-refractivity contribution < 1.29 is 23.8 Å². The van der Waals surface area contributed by atoms with Crippen LogP contribution in [0.3, 0.4) is 0 Å². The lowest BCUT2D eigenvalue weighted by Crippen LogP contribution is -2.66. The molecule has 3 heterocycles. The highest BCUT2D eigenvalue weighted by Gasteiger charge is 2.69. The summed E-state index contributed by atoms with van der Waals surface area (Å²) in [6.07, 6.45) is 3.65. The highest BCUT2D eigenvalue weighted by atomic mass is 35.5. The maximum absolute atomic E-state index is 11.8. The van der Waals surface area contributed by atoms with Gasteiger partial charge in [0, 0.05) is 24.9 Å². The Labute approximate surface area is 161 Å². The van der Waals surface area contributed by atoms with Crippen molar-refractivity contribution in [2.45, 2.75) is 49.5 Å². The van der Waals surface area contributed by atoms with Crippen molar-refractivity contribution in [2.24, 2.45) is 0 Å². The van der Waals surface area contributed by atoms with E-state index in [2.05, 4.69) is 4.90 Å². The first-order chi connectivity index (χ1) is 12.4. The van der Waals surface area contributed by atoms with E-state index in [0.717, 1.165) is 19.3 Å². The van der Waals surface area contributed by atoms with E-state index in [4.69, 9.17) is 37.4 Å². The number of rotatable bonds is 4.